The van der Waals surface area contributed by atoms with Crippen LogP contribution in [0.2, 0.25) is 0 Å². The van der Waals surface area contributed by atoms with Crippen molar-refractivity contribution in [2.45, 2.75) is 70.5 Å². The van der Waals surface area contributed by atoms with E-state index < -0.39 is 22.8 Å². The molecule has 1 aromatic heterocycles. The molecule has 11 heteroatoms. The number of hydrogen-bond acceptors (Lipinski definition) is 6. The van der Waals surface area contributed by atoms with E-state index in [2.05, 4.69) is 15.5 Å². The van der Waals surface area contributed by atoms with E-state index >= 15 is 0 Å². The Morgan fingerprint density at radius 2 is 2.00 bits per heavy atom. The Labute approximate surface area is 226 Å². The van der Waals surface area contributed by atoms with Gasteiger partial charge in [0.1, 0.15) is 11.5 Å². The molecule has 0 bridgehead atoms. The minimum absolute atomic E-state index is 0.0683. The van der Waals surface area contributed by atoms with Gasteiger partial charge in [-0.15, -0.1) is 5.10 Å². The molecule has 5 rings (SSSR count). The number of aromatic nitrogens is 2. The molecule has 0 saturated carbocycles. The summed E-state index contributed by atoms with van der Waals surface area (Å²) >= 11 is 0. The molecule has 210 valence electrons. The van der Waals surface area contributed by atoms with Crippen LogP contribution in [0.25, 0.3) is 0 Å². The van der Waals surface area contributed by atoms with Gasteiger partial charge in [0.15, 0.2) is 0 Å². The molecule has 2 aromatic rings. The summed E-state index contributed by atoms with van der Waals surface area (Å²) in [4.78, 5) is 32.0. The van der Waals surface area contributed by atoms with Gasteiger partial charge in [0, 0.05) is 62.2 Å². The quantitative estimate of drug-likeness (QED) is 0.575. The monoisotopic (exact) mass is 544 g/mol. The SMILES string of the molecule is CCCC(F)(F)c1cc2c(nn1)C(C)(C)CN2C(=O)CN1C[C@@H](C)NC[C@@H]1CN1Cc2ccc(F)cc2C1=O. The van der Waals surface area contributed by atoms with Crippen LogP contribution < -0.4 is 10.2 Å². The first-order chi connectivity index (χ1) is 18.4. The van der Waals surface area contributed by atoms with Crippen molar-refractivity contribution in [1.29, 1.82) is 0 Å². The fourth-order valence-electron chi connectivity index (χ4n) is 5.87. The van der Waals surface area contributed by atoms with E-state index in [1.165, 1.54) is 18.2 Å². The van der Waals surface area contributed by atoms with Crippen molar-refractivity contribution < 1.29 is 22.8 Å². The predicted octanol–water partition coefficient (Wildman–Crippen LogP) is 3.45. The highest BCUT2D eigenvalue weighted by Crippen LogP contribution is 2.42. The zero-order valence-electron chi connectivity index (χ0n) is 22.8. The van der Waals surface area contributed by atoms with Crippen molar-refractivity contribution in [2.75, 3.05) is 37.6 Å². The van der Waals surface area contributed by atoms with E-state index in [-0.39, 0.29) is 36.9 Å². The molecule has 1 saturated heterocycles. The first-order valence-electron chi connectivity index (χ1n) is 13.5. The lowest BCUT2D eigenvalue weighted by molar-refractivity contribution is -0.120. The van der Waals surface area contributed by atoms with Crippen LogP contribution in [0.1, 0.15) is 67.8 Å². The Balaban J connectivity index is 1.34. The maximum absolute atomic E-state index is 14.7. The summed E-state index contributed by atoms with van der Waals surface area (Å²) in [5.74, 6) is -4.00. The maximum atomic E-state index is 14.7. The molecular formula is C28H35F3N6O2. The molecule has 2 atom stereocenters. The summed E-state index contributed by atoms with van der Waals surface area (Å²) in [5.41, 5.74) is 1.13. The largest absolute Gasteiger partial charge is 0.333 e. The molecule has 1 aromatic carbocycles. The van der Waals surface area contributed by atoms with E-state index in [4.69, 9.17) is 0 Å². The highest BCUT2D eigenvalue weighted by Gasteiger charge is 2.44. The van der Waals surface area contributed by atoms with Crippen LogP contribution in [-0.4, -0.2) is 76.6 Å². The number of carbonyl (C=O) groups excluding carboxylic acids is 2. The van der Waals surface area contributed by atoms with Crippen LogP contribution in [0.3, 0.4) is 0 Å². The van der Waals surface area contributed by atoms with E-state index in [1.54, 1.807) is 22.8 Å². The zero-order chi connectivity index (χ0) is 28.1. The van der Waals surface area contributed by atoms with Crippen LogP contribution in [-0.2, 0) is 22.7 Å². The molecule has 0 unspecified atom stereocenters. The molecule has 0 radical (unpaired) electrons. The van der Waals surface area contributed by atoms with Gasteiger partial charge in [0.05, 0.1) is 17.9 Å². The number of nitrogens with zero attached hydrogens (tertiary/aromatic N) is 5. The molecule has 2 amide bonds. The van der Waals surface area contributed by atoms with Crippen molar-refractivity contribution in [2.24, 2.45) is 0 Å². The molecule has 39 heavy (non-hydrogen) atoms. The highest BCUT2D eigenvalue weighted by atomic mass is 19.3. The fourth-order valence-corrected chi connectivity index (χ4v) is 5.87. The van der Waals surface area contributed by atoms with Gasteiger partial charge in [-0.2, -0.15) is 13.9 Å². The number of nitrogens with one attached hydrogen (secondary N) is 1. The minimum Gasteiger partial charge on any atom is -0.333 e. The Kier molecular flexibility index (Phi) is 7.17. The first-order valence-corrected chi connectivity index (χ1v) is 13.5. The number of fused-ring (bicyclic) bond motifs is 2. The van der Waals surface area contributed by atoms with E-state index in [9.17, 15) is 22.8 Å². The van der Waals surface area contributed by atoms with Gasteiger partial charge in [-0.05, 0) is 30.7 Å². The Hall–Kier alpha value is -3.05. The zero-order valence-corrected chi connectivity index (χ0v) is 22.8. The smallest absolute Gasteiger partial charge is 0.291 e. The van der Waals surface area contributed by atoms with Gasteiger partial charge in [-0.25, -0.2) is 4.39 Å². The third kappa shape index (κ3) is 5.26. The van der Waals surface area contributed by atoms with Gasteiger partial charge in [0.2, 0.25) is 5.91 Å². The van der Waals surface area contributed by atoms with Crippen LogP contribution in [0.5, 0.6) is 0 Å². The number of halogens is 3. The third-order valence-electron chi connectivity index (χ3n) is 7.95. The minimum atomic E-state index is -3.12. The average molecular weight is 545 g/mol. The molecule has 8 nitrogen and oxygen atoms in total. The van der Waals surface area contributed by atoms with Gasteiger partial charge < -0.3 is 15.1 Å². The number of anilines is 1. The Bertz CT molecular complexity index is 1290. The predicted molar refractivity (Wildman–Crippen MR) is 140 cm³/mol. The fraction of sp³-hybridized carbons (Fsp3) is 0.571. The van der Waals surface area contributed by atoms with E-state index in [0.29, 0.717) is 56.1 Å². The molecule has 0 aliphatic carbocycles. The lowest BCUT2D eigenvalue weighted by atomic mass is 9.91. The van der Waals surface area contributed by atoms with Crippen molar-refractivity contribution in [1.82, 2.24) is 25.3 Å². The summed E-state index contributed by atoms with van der Waals surface area (Å²) < 4.78 is 43.1. The molecule has 4 heterocycles. The van der Waals surface area contributed by atoms with Crippen LogP contribution in [0.4, 0.5) is 18.9 Å². The topological polar surface area (TPSA) is 81.7 Å². The van der Waals surface area contributed by atoms with Crippen LogP contribution >= 0.6 is 0 Å². The van der Waals surface area contributed by atoms with Crippen LogP contribution in [0.15, 0.2) is 24.3 Å². The number of hydrogen-bond donors (Lipinski definition) is 1. The van der Waals surface area contributed by atoms with Crippen molar-refractivity contribution in [3.05, 3.63) is 52.6 Å². The molecule has 1 N–H and O–H groups in total. The molecular weight excluding hydrogens is 509 g/mol. The molecule has 3 aliphatic heterocycles. The van der Waals surface area contributed by atoms with Gasteiger partial charge >= 0.3 is 0 Å². The Morgan fingerprint density at radius 1 is 1.23 bits per heavy atom. The van der Waals surface area contributed by atoms with Crippen molar-refractivity contribution in [3.8, 4) is 0 Å². The second-order valence-corrected chi connectivity index (χ2v) is 11.7. The lowest BCUT2D eigenvalue weighted by Crippen LogP contribution is -2.60. The summed E-state index contributed by atoms with van der Waals surface area (Å²) in [6.07, 6.45) is -0.0497. The number of benzene rings is 1. The first kappa shape index (κ1) is 27.5. The lowest BCUT2D eigenvalue weighted by Gasteiger charge is -2.41. The van der Waals surface area contributed by atoms with E-state index in [0.717, 1.165) is 5.56 Å². The van der Waals surface area contributed by atoms with Gasteiger partial charge in [-0.3, -0.25) is 14.5 Å². The second kappa shape index (κ2) is 10.2. The highest BCUT2D eigenvalue weighted by molar-refractivity contribution is 5.98. The normalized spacial score (nSPS) is 22.8. The summed E-state index contributed by atoms with van der Waals surface area (Å²) in [6.45, 7) is 9.87. The van der Waals surface area contributed by atoms with Crippen molar-refractivity contribution >= 4 is 17.5 Å². The summed E-state index contributed by atoms with van der Waals surface area (Å²) in [6, 6.07) is 5.56. The van der Waals surface area contributed by atoms with E-state index in [1.807, 2.05) is 25.7 Å². The standard InChI is InChI=1S/C28H35F3N6O2/c1-5-8-28(30,31)23-10-22-25(34-33-23)27(3,4)16-37(22)24(38)15-35-12-17(2)32-11-20(35)14-36-13-18-6-7-19(29)9-21(18)26(36)39/h6-7,9-10,17,20,32H,5,8,11-16H2,1-4H3/t17-,20-/m1/s1. The van der Waals surface area contributed by atoms with Gasteiger partial charge in [-0.1, -0.05) is 33.3 Å². The third-order valence-corrected chi connectivity index (χ3v) is 7.95. The number of piperazine rings is 1. The summed E-state index contributed by atoms with van der Waals surface area (Å²) in [5, 5.41) is 11.4. The maximum Gasteiger partial charge on any atom is 0.291 e. The molecule has 1 fully saturated rings. The second-order valence-electron chi connectivity index (χ2n) is 11.7. The number of amides is 2. The molecule has 3 aliphatic rings. The number of carbonyl (C=O) groups is 2. The van der Waals surface area contributed by atoms with Crippen molar-refractivity contribution in [3.63, 3.8) is 0 Å². The average Bonchev–Trinajstić information content (AvgIpc) is 3.33. The Morgan fingerprint density at radius 3 is 2.74 bits per heavy atom. The van der Waals surface area contributed by atoms with Crippen LogP contribution in [0, 0.1) is 5.82 Å². The van der Waals surface area contributed by atoms with Gasteiger partial charge in [0.25, 0.3) is 11.8 Å². The number of alkyl halides is 2. The summed E-state index contributed by atoms with van der Waals surface area (Å²) in [7, 11) is 0. The number of rotatable bonds is 7. The molecule has 0 spiro atoms.